The van der Waals surface area contributed by atoms with Crippen LogP contribution in [0.15, 0.2) is 0 Å². The topological polar surface area (TPSA) is 54.5 Å². The minimum atomic E-state index is -2.99. The highest BCUT2D eigenvalue weighted by atomic mass is 32.2. The number of nitrogens with zero attached hydrogens (tertiary/aromatic N) is 1. The summed E-state index contributed by atoms with van der Waals surface area (Å²) in [6.45, 7) is 5.14. The van der Waals surface area contributed by atoms with Gasteiger partial charge in [0.2, 0.25) is 5.91 Å². The van der Waals surface area contributed by atoms with Gasteiger partial charge in [-0.2, -0.15) is 0 Å². The summed E-state index contributed by atoms with van der Waals surface area (Å²) in [5, 5.41) is 0. The Balaban J connectivity index is 1.98. The molecular weight excluding hydrogens is 262 g/mol. The minimum absolute atomic E-state index is 0.164. The average molecular weight is 287 g/mol. The fourth-order valence-electron chi connectivity index (χ4n) is 3.37. The van der Waals surface area contributed by atoms with E-state index in [-0.39, 0.29) is 17.1 Å². The van der Waals surface area contributed by atoms with Crippen LogP contribution in [0, 0.1) is 11.3 Å². The molecule has 0 aromatic rings. The second-order valence-electron chi connectivity index (χ2n) is 6.70. The molecule has 2 atom stereocenters. The van der Waals surface area contributed by atoms with Crippen molar-refractivity contribution in [3.8, 4) is 0 Å². The third kappa shape index (κ3) is 3.71. The number of hydrogen-bond donors (Lipinski definition) is 0. The van der Waals surface area contributed by atoms with E-state index < -0.39 is 9.84 Å². The normalized spacial score (nSPS) is 29.5. The first-order chi connectivity index (χ1) is 8.75. The number of carbonyl (C=O) groups excluding carboxylic acids is 1. The van der Waals surface area contributed by atoms with Crippen LogP contribution in [0.1, 0.15) is 46.0 Å². The molecule has 1 amide bonds. The lowest BCUT2D eigenvalue weighted by molar-refractivity contribution is -0.133. The van der Waals surface area contributed by atoms with Gasteiger partial charge >= 0.3 is 0 Å². The predicted molar refractivity (Wildman–Crippen MR) is 75.6 cm³/mol. The third-order valence-electron chi connectivity index (χ3n) is 4.47. The van der Waals surface area contributed by atoms with E-state index in [0.717, 1.165) is 32.2 Å². The average Bonchev–Trinajstić information content (AvgIpc) is 2.87. The Morgan fingerprint density at radius 1 is 1.37 bits per heavy atom. The second-order valence-corrected chi connectivity index (χ2v) is 8.84. The quantitative estimate of drug-likeness (QED) is 0.775. The van der Waals surface area contributed by atoms with E-state index in [1.165, 1.54) is 6.26 Å². The number of carbonyl (C=O) groups is 1. The molecule has 1 saturated carbocycles. The second kappa shape index (κ2) is 5.08. The molecule has 5 heteroatoms. The van der Waals surface area contributed by atoms with Crippen molar-refractivity contribution in [1.82, 2.24) is 4.90 Å². The highest BCUT2D eigenvalue weighted by molar-refractivity contribution is 7.90. The Morgan fingerprint density at radius 3 is 2.47 bits per heavy atom. The Labute approximate surface area is 116 Å². The summed E-state index contributed by atoms with van der Waals surface area (Å²) in [5.74, 6) is 0.905. The molecule has 19 heavy (non-hydrogen) atoms. The molecule has 1 heterocycles. The van der Waals surface area contributed by atoms with Crippen molar-refractivity contribution in [3.05, 3.63) is 0 Å². The van der Waals surface area contributed by atoms with Crippen LogP contribution in [-0.2, 0) is 14.6 Å². The van der Waals surface area contributed by atoms with Gasteiger partial charge in [-0.15, -0.1) is 0 Å². The first-order valence-electron chi connectivity index (χ1n) is 7.22. The number of sulfone groups is 1. The molecule has 4 nitrogen and oxygen atoms in total. The lowest BCUT2D eigenvalue weighted by Crippen LogP contribution is -2.37. The smallest absolute Gasteiger partial charge is 0.223 e. The molecule has 2 aliphatic rings. The van der Waals surface area contributed by atoms with Crippen molar-refractivity contribution in [3.63, 3.8) is 0 Å². The van der Waals surface area contributed by atoms with Crippen LogP contribution in [-0.4, -0.2) is 43.8 Å². The van der Waals surface area contributed by atoms with Crippen molar-refractivity contribution in [2.24, 2.45) is 11.3 Å². The molecule has 110 valence electrons. The summed E-state index contributed by atoms with van der Waals surface area (Å²) in [6, 6.07) is 0.358. The maximum absolute atomic E-state index is 12.4. The summed E-state index contributed by atoms with van der Waals surface area (Å²) >= 11 is 0. The molecule has 2 rings (SSSR count). The molecule has 0 aromatic heterocycles. The maximum Gasteiger partial charge on any atom is 0.223 e. The molecule has 0 unspecified atom stereocenters. The molecule has 0 aromatic carbocycles. The van der Waals surface area contributed by atoms with E-state index >= 15 is 0 Å². The molecule has 1 aliphatic heterocycles. The zero-order chi connectivity index (χ0) is 14.3. The van der Waals surface area contributed by atoms with Gasteiger partial charge in [0.25, 0.3) is 0 Å². The van der Waals surface area contributed by atoms with E-state index in [1.54, 1.807) is 0 Å². The molecular formula is C14H25NO3S. The van der Waals surface area contributed by atoms with Gasteiger partial charge in [-0.05, 0) is 37.0 Å². The predicted octanol–water partition coefficient (Wildman–Crippen LogP) is 1.85. The van der Waals surface area contributed by atoms with Crippen molar-refractivity contribution >= 4 is 15.7 Å². The SMILES string of the molecule is CC[C@H]1C[C@H](C)CN1C(=O)CC1(CS(C)(=O)=O)CC1. The van der Waals surface area contributed by atoms with Gasteiger partial charge in [0.15, 0.2) is 0 Å². The zero-order valence-corrected chi connectivity index (χ0v) is 13.0. The van der Waals surface area contributed by atoms with Crippen LogP contribution in [0.4, 0.5) is 0 Å². The summed E-state index contributed by atoms with van der Waals surface area (Å²) in [6.07, 6.45) is 5.53. The zero-order valence-electron chi connectivity index (χ0n) is 12.2. The Morgan fingerprint density at radius 2 is 2.00 bits per heavy atom. The van der Waals surface area contributed by atoms with Gasteiger partial charge in [0.05, 0.1) is 5.75 Å². The molecule has 1 aliphatic carbocycles. The highest BCUT2D eigenvalue weighted by Gasteiger charge is 2.48. The molecule has 0 radical (unpaired) electrons. The number of rotatable bonds is 5. The summed E-state index contributed by atoms with van der Waals surface area (Å²) in [5.41, 5.74) is -0.241. The molecule has 0 spiro atoms. The highest BCUT2D eigenvalue weighted by Crippen LogP contribution is 2.50. The summed E-state index contributed by atoms with van der Waals surface area (Å²) < 4.78 is 22.9. The van der Waals surface area contributed by atoms with Crippen molar-refractivity contribution in [2.45, 2.75) is 52.0 Å². The van der Waals surface area contributed by atoms with Gasteiger partial charge in [-0.3, -0.25) is 4.79 Å². The standard InChI is InChI=1S/C14H25NO3S/c1-4-12-7-11(2)9-15(12)13(16)8-14(5-6-14)10-19(3,17)18/h11-12H,4-10H2,1-3H3/t11-,12-/m0/s1. The Bertz CT molecular complexity index is 453. The third-order valence-corrected chi connectivity index (χ3v) is 5.60. The number of amides is 1. The van der Waals surface area contributed by atoms with Crippen LogP contribution in [0.25, 0.3) is 0 Å². The largest absolute Gasteiger partial charge is 0.339 e. The lowest BCUT2D eigenvalue weighted by Gasteiger charge is -2.26. The van der Waals surface area contributed by atoms with E-state index in [4.69, 9.17) is 0 Å². The molecule has 0 bridgehead atoms. The van der Waals surface area contributed by atoms with Crippen molar-refractivity contribution in [2.75, 3.05) is 18.6 Å². The molecule has 0 N–H and O–H groups in total. The van der Waals surface area contributed by atoms with Gasteiger partial charge in [0, 0.05) is 25.3 Å². The molecule has 2 fully saturated rings. The summed E-state index contributed by atoms with van der Waals surface area (Å²) in [4.78, 5) is 14.4. The van der Waals surface area contributed by atoms with E-state index in [0.29, 0.717) is 18.4 Å². The van der Waals surface area contributed by atoms with Crippen LogP contribution in [0.2, 0.25) is 0 Å². The van der Waals surface area contributed by atoms with Gasteiger partial charge < -0.3 is 4.90 Å². The fourth-order valence-corrected chi connectivity index (χ4v) is 4.87. The molecule has 1 saturated heterocycles. The fraction of sp³-hybridized carbons (Fsp3) is 0.929. The Kier molecular flexibility index (Phi) is 3.96. The van der Waals surface area contributed by atoms with Gasteiger partial charge in [0.1, 0.15) is 9.84 Å². The maximum atomic E-state index is 12.4. The lowest BCUT2D eigenvalue weighted by atomic mass is 10.0. The van der Waals surface area contributed by atoms with Crippen LogP contribution in [0.5, 0.6) is 0 Å². The van der Waals surface area contributed by atoms with Crippen molar-refractivity contribution in [1.29, 1.82) is 0 Å². The Hall–Kier alpha value is -0.580. The minimum Gasteiger partial charge on any atom is -0.339 e. The van der Waals surface area contributed by atoms with E-state index in [1.807, 2.05) is 4.90 Å². The first-order valence-corrected chi connectivity index (χ1v) is 9.28. The van der Waals surface area contributed by atoms with Gasteiger partial charge in [-0.25, -0.2) is 8.42 Å². The van der Waals surface area contributed by atoms with Crippen LogP contribution < -0.4 is 0 Å². The van der Waals surface area contributed by atoms with Crippen LogP contribution in [0.3, 0.4) is 0 Å². The van der Waals surface area contributed by atoms with Gasteiger partial charge in [-0.1, -0.05) is 13.8 Å². The monoisotopic (exact) mass is 287 g/mol. The number of likely N-dealkylation sites (tertiary alicyclic amines) is 1. The number of hydrogen-bond acceptors (Lipinski definition) is 3. The summed E-state index contributed by atoms with van der Waals surface area (Å²) in [7, 11) is -2.99. The van der Waals surface area contributed by atoms with E-state index in [9.17, 15) is 13.2 Å². The first kappa shape index (κ1) is 14.8. The van der Waals surface area contributed by atoms with E-state index in [2.05, 4.69) is 13.8 Å². The van der Waals surface area contributed by atoms with Crippen molar-refractivity contribution < 1.29 is 13.2 Å². The van der Waals surface area contributed by atoms with Crippen LogP contribution >= 0.6 is 0 Å².